The maximum Gasteiger partial charge on any atom is 0.0594 e. The van der Waals surface area contributed by atoms with Gasteiger partial charge in [-0.3, -0.25) is 0 Å². The first kappa shape index (κ1) is 15.2. The third-order valence-electron chi connectivity index (χ3n) is 2.59. The van der Waals surface area contributed by atoms with Crippen molar-refractivity contribution in [1.82, 2.24) is 0 Å². The van der Waals surface area contributed by atoms with Gasteiger partial charge in [0.05, 0.1) is 5.60 Å². The molecule has 92 valence electrons. The van der Waals surface area contributed by atoms with E-state index in [0.29, 0.717) is 5.92 Å². The predicted octanol–water partition coefficient (Wildman–Crippen LogP) is 4.63. The summed E-state index contributed by atoms with van der Waals surface area (Å²) in [5.41, 5.74) is 1.49. The van der Waals surface area contributed by atoms with Crippen LogP contribution in [0, 0.1) is 0 Å². The fourth-order valence-electron chi connectivity index (χ4n) is 1.02. The Morgan fingerprint density at radius 2 is 1.56 bits per heavy atom. The Labute approximate surface area is 101 Å². The highest BCUT2D eigenvalue weighted by Crippen LogP contribution is 2.16. The molecule has 0 bridgehead atoms. The lowest BCUT2D eigenvalue weighted by Gasteiger charge is -2.14. The summed E-state index contributed by atoms with van der Waals surface area (Å²) in [7, 11) is 1.71. The molecule has 1 aromatic rings. The van der Waals surface area contributed by atoms with Gasteiger partial charge in [-0.15, -0.1) is 0 Å². The quantitative estimate of drug-likeness (QED) is 0.709. The van der Waals surface area contributed by atoms with Crippen molar-refractivity contribution in [2.45, 2.75) is 52.6 Å². The highest BCUT2D eigenvalue weighted by Gasteiger charge is 2.04. The van der Waals surface area contributed by atoms with Gasteiger partial charge in [-0.05, 0) is 38.7 Å². The van der Waals surface area contributed by atoms with Crippen molar-refractivity contribution in [1.29, 1.82) is 0 Å². The molecule has 0 heterocycles. The van der Waals surface area contributed by atoms with Crippen LogP contribution in [0.5, 0.6) is 0 Å². The van der Waals surface area contributed by atoms with Gasteiger partial charge in [0.1, 0.15) is 0 Å². The standard InChI is InChI=1S/C10H14.C5H12O/c1-3-9(2)10-7-5-4-6-8-10;1-5(2,3)6-4/h4-9H,3H2,1-2H3;1-4H3. The molecule has 0 N–H and O–H groups in total. The monoisotopic (exact) mass is 222 g/mol. The normalized spacial score (nSPS) is 12.6. The van der Waals surface area contributed by atoms with E-state index >= 15 is 0 Å². The second-order valence-electron chi connectivity index (χ2n) is 5.04. The Morgan fingerprint density at radius 1 is 1.12 bits per heavy atom. The zero-order valence-corrected chi connectivity index (χ0v) is 11.6. The number of hydrogen-bond donors (Lipinski definition) is 0. The Hall–Kier alpha value is -0.820. The lowest BCUT2D eigenvalue weighted by Crippen LogP contribution is -2.15. The highest BCUT2D eigenvalue weighted by atomic mass is 16.5. The Bertz CT molecular complexity index is 259. The van der Waals surface area contributed by atoms with Gasteiger partial charge < -0.3 is 4.74 Å². The summed E-state index contributed by atoms with van der Waals surface area (Å²) in [6.07, 6.45) is 1.23. The molecule has 1 rings (SSSR count). The van der Waals surface area contributed by atoms with E-state index in [1.54, 1.807) is 7.11 Å². The van der Waals surface area contributed by atoms with Crippen LogP contribution in [-0.2, 0) is 4.74 Å². The van der Waals surface area contributed by atoms with Crippen molar-refractivity contribution in [3.63, 3.8) is 0 Å². The van der Waals surface area contributed by atoms with Crippen LogP contribution in [0.2, 0.25) is 0 Å². The van der Waals surface area contributed by atoms with Crippen LogP contribution in [0.3, 0.4) is 0 Å². The summed E-state index contributed by atoms with van der Waals surface area (Å²) >= 11 is 0. The molecule has 0 aliphatic carbocycles. The molecule has 0 spiro atoms. The van der Waals surface area contributed by atoms with Gasteiger partial charge in [-0.2, -0.15) is 0 Å². The molecule has 1 nitrogen and oxygen atoms in total. The topological polar surface area (TPSA) is 9.23 Å². The molecule has 0 aromatic heterocycles. The molecular weight excluding hydrogens is 196 g/mol. The minimum Gasteiger partial charge on any atom is -0.379 e. The molecule has 0 aliphatic rings. The van der Waals surface area contributed by atoms with Crippen LogP contribution in [-0.4, -0.2) is 12.7 Å². The first-order chi connectivity index (χ1) is 7.40. The summed E-state index contributed by atoms with van der Waals surface area (Å²) in [6.45, 7) is 10.5. The van der Waals surface area contributed by atoms with Gasteiger partial charge in [0.2, 0.25) is 0 Å². The van der Waals surface area contributed by atoms with Gasteiger partial charge in [0, 0.05) is 7.11 Å². The van der Waals surface area contributed by atoms with Crippen LogP contribution >= 0.6 is 0 Å². The molecular formula is C15H26O. The fraction of sp³-hybridized carbons (Fsp3) is 0.600. The van der Waals surface area contributed by atoms with E-state index in [1.807, 2.05) is 20.8 Å². The molecule has 0 amide bonds. The number of ether oxygens (including phenoxy) is 1. The van der Waals surface area contributed by atoms with E-state index in [-0.39, 0.29) is 5.60 Å². The van der Waals surface area contributed by atoms with E-state index in [1.165, 1.54) is 12.0 Å². The zero-order chi connectivity index (χ0) is 12.6. The molecule has 0 fully saturated rings. The summed E-state index contributed by atoms with van der Waals surface area (Å²) in [5.74, 6) is 0.709. The van der Waals surface area contributed by atoms with Gasteiger partial charge in [-0.1, -0.05) is 44.2 Å². The van der Waals surface area contributed by atoms with Crippen molar-refractivity contribution < 1.29 is 4.74 Å². The van der Waals surface area contributed by atoms with Gasteiger partial charge in [-0.25, -0.2) is 0 Å². The molecule has 1 unspecified atom stereocenters. The van der Waals surface area contributed by atoms with Crippen LogP contribution in [0.4, 0.5) is 0 Å². The summed E-state index contributed by atoms with van der Waals surface area (Å²) < 4.78 is 4.94. The largest absolute Gasteiger partial charge is 0.379 e. The average Bonchev–Trinajstić information content (AvgIpc) is 2.29. The van der Waals surface area contributed by atoms with Crippen molar-refractivity contribution in [3.8, 4) is 0 Å². The van der Waals surface area contributed by atoms with Crippen molar-refractivity contribution in [3.05, 3.63) is 35.9 Å². The maximum absolute atomic E-state index is 4.94. The fourth-order valence-corrected chi connectivity index (χ4v) is 1.02. The molecule has 0 aliphatic heterocycles. The zero-order valence-electron chi connectivity index (χ0n) is 11.6. The number of benzene rings is 1. The van der Waals surface area contributed by atoms with Crippen molar-refractivity contribution >= 4 is 0 Å². The molecule has 1 atom stereocenters. The van der Waals surface area contributed by atoms with Gasteiger partial charge in [0.15, 0.2) is 0 Å². The second-order valence-corrected chi connectivity index (χ2v) is 5.04. The molecule has 0 saturated carbocycles. The second kappa shape index (κ2) is 7.45. The predicted molar refractivity (Wildman–Crippen MR) is 71.9 cm³/mol. The lowest BCUT2D eigenvalue weighted by molar-refractivity contribution is 0.0397. The summed E-state index contributed by atoms with van der Waals surface area (Å²) in [5, 5.41) is 0. The first-order valence-electron chi connectivity index (χ1n) is 6.00. The third kappa shape index (κ3) is 7.47. The maximum atomic E-state index is 4.94. The van der Waals surface area contributed by atoms with Crippen molar-refractivity contribution in [2.75, 3.05) is 7.11 Å². The van der Waals surface area contributed by atoms with E-state index in [4.69, 9.17) is 4.74 Å². The number of hydrogen-bond acceptors (Lipinski definition) is 1. The van der Waals surface area contributed by atoms with Crippen LogP contribution < -0.4 is 0 Å². The highest BCUT2D eigenvalue weighted by molar-refractivity contribution is 5.18. The van der Waals surface area contributed by atoms with Crippen LogP contribution in [0.1, 0.15) is 52.5 Å². The Morgan fingerprint density at radius 3 is 1.88 bits per heavy atom. The van der Waals surface area contributed by atoms with E-state index in [2.05, 4.69) is 44.2 Å². The minimum absolute atomic E-state index is 0.0417. The Balaban J connectivity index is 0.000000325. The molecule has 0 saturated heterocycles. The average molecular weight is 222 g/mol. The van der Waals surface area contributed by atoms with Crippen LogP contribution in [0.15, 0.2) is 30.3 Å². The summed E-state index contributed by atoms with van der Waals surface area (Å²) in [6, 6.07) is 10.6. The molecule has 1 aromatic carbocycles. The minimum atomic E-state index is 0.0417. The SMILES string of the molecule is CCC(C)c1ccccc1.COC(C)(C)C. The molecule has 16 heavy (non-hydrogen) atoms. The molecule has 0 radical (unpaired) electrons. The lowest BCUT2D eigenvalue weighted by atomic mass is 9.99. The first-order valence-corrected chi connectivity index (χ1v) is 6.00. The van der Waals surface area contributed by atoms with Crippen molar-refractivity contribution in [2.24, 2.45) is 0 Å². The van der Waals surface area contributed by atoms with E-state index < -0.39 is 0 Å². The Kier molecular flexibility index (Phi) is 7.07. The van der Waals surface area contributed by atoms with Gasteiger partial charge >= 0.3 is 0 Å². The third-order valence-corrected chi connectivity index (χ3v) is 2.59. The van der Waals surface area contributed by atoms with Gasteiger partial charge in [0.25, 0.3) is 0 Å². The smallest absolute Gasteiger partial charge is 0.0594 e. The summed E-state index contributed by atoms with van der Waals surface area (Å²) in [4.78, 5) is 0. The number of methoxy groups -OCH3 is 1. The van der Waals surface area contributed by atoms with Crippen LogP contribution in [0.25, 0.3) is 0 Å². The number of rotatable bonds is 2. The molecule has 1 heteroatoms. The van der Waals surface area contributed by atoms with E-state index in [0.717, 1.165) is 0 Å². The van der Waals surface area contributed by atoms with E-state index in [9.17, 15) is 0 Å².